The zero-order valence-electron chi connectivity index (χ0n) is 21.4. The van der Waals surface area contributed by atoms with E-state index in [1.165, 1.54) is 12.8 Å². The summed E-state index contributed by atoms with van der Waals surface area (Å²) >= 11 is 0. The molecule has 1 saturated heterocycles. The minimum Gasteiger partial charge on any atom is -0.396 e. The van der Waals surface area contributed by atoms with E-state index in [1.54, 1.807) is 18.2 Å². The zero-order valence-corrected chi connectivity index (χ0v) is 21.4. The fourth-order valence-electron chi connectivity index (χ4n) is 5.34. The lowest BCUT2D eigenvalue weighted by Crippen LogP contribution is -2.54. The molecule has 2 aromatic rings. The molecule has 0 radical (unpaired) electrons. The first-order valence-electron chi connectivity index (χ1n) is 13.6. The summed E-state index contributed by atoms with van der Waals surface area (Å²) in [7, 11) is 0. The Morgan fingerprint density at radius 1 is 1.00 bits per heavy atom. The van der Waals surface area contributed by atoms with Gasteiger partial charge in [-0.15, -0.1) is 5.10 Å². The van der Waals surface area contributed by atoms with Gasteiger partial charge in [-0.1, -0.05) is 43.4 Å². The van der Waals surface area contributed by atoms with Gasteiger partial charge in [0.25, 0.3) is 11.8 Å². The smallest absolute Gasteiger partial charge is 0.264 e. The van der Waals surface area contributed by atoms with Crippen LogP contribution >= 0.6 is 0 Å². The third kappa shape index (κ3) is 5.20. The van der Waals surface area contributed by atoms with Crippen molar-refractivity contribution in [3.05, 3.63) is 41.2 Å². The monoisotopic (exact) mass is 522 g/mol. The van der Waals surface area contributed by atoms with Crippen LogP contribution in [0.4, 0.5) is 5.69 Å². The van der Waals surface area contributed by atoms with E-state index in [4.69, 9.17) is 5.11 Å². The fraction of sp³-hybridized carbons (Fsp3) is 0.556. The summed E-state index contributed by atoms with van der Waals surface area (Å²) < 4.78 is 1.86. The molecular weight excluding hydrogens is 488 g/mol. The highest BCUT2D eigenvalue weighted by atomic mass is 16.3. The first-order chi connectivity index (χ1) is 18.4. The second-order valence-electron chi connectivity index (χ2n) is 10.4. The number of imide groups is 2. The quantitative estimate of drug-likeness (QED) is 0.269. The summed E-state index contributed by atoms with van der Waals surface area (Å²) in [5, 5.41) is 23.3. The maximum absolute atomic E-state index is 13.4. The van der Waals surface area contributed by atoms with Gasteiger partial charge in [-0.2, -0.15) is 0 Å². The van der Waals surface area contributed by atoms with E-state index in [2.05, 4.69) is 20.9 Å². The van der Waals surface area contributed by atoms with Gasteiger partial charge < -0.3 is 10.4 Å². The molecule has 0 bridgehead atoms. The summed E-state index contributed by atoms with van der Waals surface area (Å²) in [5.41, 5.74) is 1.38. The van der Waals surface area contributed by atoms with E-state index in [-0.39, 0.29) is 30.6 Å². The summed E-state index contributed by atoms with van der Waals surface area (Å²) in [4.78, 5) is 51.5. The second-order valence-corrected chi connectivity index (χ2v) is 10.4. The van der Waals surface area contributed by atoms with Crippen LogP contribution in [0.15, 0.2) is 24.4 Å². The van der Waals surface area contributed by atoms with E-state index in [0.717, 1.165) is 62.1 Å². The van der Waals surface area contributed by atoms with E-state index in [1.807, 2.05) is 10.9 Å². The molecule has 0 spiro atoms. The van der Waals surface area contributed by atoms with Gasteiger partial charge >= 0.3 is 0 Å². The number of piperidine rings is 1. The number of carbonyl (C=O) groups excluding carboxylic acids is 4. The van der Waals surface area contributed by atoms with Gasteiger partial charge in [0, 0.05) is 25.3 Å². The Hall–Kier alpha value is -3.60. The van der Waals surface area contributed by atoms with Crippen LogP contribution in [0.2, 0.25) is 0 Å². The molecule has 1 unspecified atom stereocenters. The fourth-order valence-corrected chi connectivity index (χ4v) is 5.34. The molecule has 202 valence electrons. The highest BCUT2D eigenvalue weighted by Gasteiger charge is 2.50. The molecule has 38 heavy (non-hydrogen) atoms. The van der Waals surface area contributed by atoms with Crippen molar-refractivity contribution >= 4 is 29.3 Å². The number of amides is 4. The van der Waals surface area contributed by atoms with Gasteiger partial charge in [0.05, 0.1) is 22.9 Å². The predicted octanol–water partition coefficient (Wildman–Crippen LogP) is 2.50. The van der Waals surface area contributed by atoms with Crippen molar-refractivity contribution in [2.24, 2.45) is 0 Å². The summed E-state index contributed by atoms with van der Waals surface area (Å²) in [6.45, 7) is 1.06. The third-order valence-electron chi connectivity index (χ3n) is 7.67. The first-order valence-corrected chi connectivity index (χ1v) is 13.6. The van der Waals surface area contributed by atoms with Crippen LogP contribution < -0.4 is 10.6 Å². The lowest BCUT2D eigenvalue weighted by molar-refractivity contribution is -0.136. The first kappa shape index (κ1) is 26.0. The van der Waals surface area contributed by atoms with Crippen molar-refractivity contribution in [1.82, 2.24) is 25.2 Å². The maximum Gasteiger partial charge on any atom is 0.264 e. The number of aromatic nitrogens is 3. The number of nitrogens with zero attached hydrogens (tertiary/aromatic N) is 4. The number of anilines is 1. The predicted molar refractivity (Wildman–Crippen MR) is 137 cm³/mol. The summed E-state index contributed by atoms with van der Waals surface area (Å²) in [6, 6.07) is 4.08. The van der Waals surface area contributed by atoms with E-state index < -0.39 is 35.2 Å². The molecule has 4 amide bonds. The van der Waals surface area contributed by atoms with Gasteiger partial charge in [-0.25, -0.2) is 0 Å². The Kier molecular flexibility index (Phi) is 7.55. The van der Waals surface area contributed by atoms with Crippen molar-refractivity contribution in [2.45, 2.75) is 88.8 Å². The average molecular weight is 523 g/mol. The minimum absolute atomic E-state index is 0.0817. The van der Waals surface area contributed by atoms with Crippen LogP contribution in [0.3, 0.4) is 0 Å². The topological polar surface area (TPSA) is 147 Å². The largest absolute Gasteiger partial charge is 0.396 e. The average Bonchev–Trinajstić information content (AvgIpc) is 3.43. The maximum atomic E-state index is 13.4. The SMILES string of the molecule is O=C1CCC(N2C(=O)c3cccc(NC4(c5cn(CCCCCCCCCO)nn5)CC4)c3C2=O)C(=O)N1. The molecule has 1 aromatic carbocycles. The molecule has 3 N–H and O–H groups in total. The van der Waals surface area contributed by atoms with Crippen LogP contribution in [0, 0.1) is 0 Å². The van der Waals surface area contributed by atoms with Gasteiger partial charge in [-0.05, 0) is 44.2 Å². The Morgan fingerprint density at radius 2 is 1.74 bits per heavy atom. The van der Waals surface area contributed by atoms with E-state index >= 15 is 0 Å². The molecule has 1 aliphatic carbocycles. The number of aliphatic hydroxyl groups is 1. The highest BCUT2D eigenvalue weighted by Crippen LogP contribution is 2.48. The van der Waals surface area contributed by atoms with Gasteiger partial charge in [0.2, 0.25) is 11.8 Å². The number of hydrogen-bond donors (Lipinski definition) is 3. The number of rotatable bonds is 13. The molecule has 5 rings (SSSR count). The Bertz CT molecular complexity index is 1240. The number of aryl methyl sites for hydroxylation is 1. The third-order valence-corrected chi connectivity index (χ3v) is 7.67. The minimum atomic E-state index is -0.997. The number of fused-ring (bicyclic) bond motifs is 1. The van der Waals surface area contributed by atoms with Crippen molar-refractivity contribution in [1.29, 1.82) is 0 Å². The van der Waals surface area contributed by atoms with Gasteiger partial charge in [0.1, 0.15) is 11.7 Å². The summed E-state index contributed by atoms with van der Waals surface area (Å²) in [5.74, 6) is -2.07. The Balaban J connectivity index is 1.22. The van der Waals surface area contributed by atoms with Gasteiger partial charge in [-0.3, -0.25) is 34.1 Å². The molecule has 3 aliphatic rings. The van der Waals surface area contributed by atoms with Crippen LogP contribution in [0.25, 0.3) is 0 Å². The highest BCUT2D eigenvalue weighted by molar-refractivity contribution is 6.25. The van der Waals surface area contributed by atoms with Crippen LogP contribution in [-0.4, -0.2) is 61.3 Å². The van der Waals surface area contributed by atoms with E-state index in [9.17, 15) is 19.2 Å². The number of aliphatic hydroxyl groups excluding tert-OH is 1. The molecule has 11 heteroatoms. The molecule has 2 fully saturated rings. The Morgan fingerprint density at radius 3 is 2.45 bits per heavy atom. The number of carbonyl (C=O) groups is 4. The van der Waals surface area contributed by atoms with Crippen LogP contribution in [0.1, 0.15) is 97.0 Å². The van der Waals surface area contributed by atoms with Crippen molar-refractivity contribution in [2.75, 3.05) is 11.9 Å². The lowest BCUT2D eigenvalue weighted by atomic mass is 10.0. The molecule has 1 saturated carbocycles. The summed E-state index contributed by atoms with van der Waals surface area (Å²) in [6.07, 6.45) is 11.4. The van der Waals surface area contributed by atoms with Gasteiger partial charge in [0.15, 0.2) is 0 Å². The number of benzene rings is 1. The zero-order chi connectivity index (χ0) is 26.7. The molecular formula is C27H34N6O5. The molecule has 2 aliphatic heterocycles. The number of nitrogens with one attached hydrogen (secondary N) is 2. The van der Waals surface area contributed by atoms with Crippen molar-refractivity contribution in [3.8, 4) is 0 Å². The molecule has 1 aromatic heterocycles. The molecule has 3 heterocycles. The second kappa shape index (κ2) is 11.0. The molecule has 1 atom stereocenters. The molecule has 11 nitrogen and oxygen atoms in total. The standard InChI is InChI=1S/C27H34N6O5/c34-16-7-5-3-1-2-4-6-15-32-17-21(30-31-32)27(13-14-27)29-19-10-8-9-18-23(19)26(38)33(25(18)37)20-11-12-22(35)28-24(20)36/h8-10,17,20,29,34H,1-7,11-16H2,(H,28,35,36). The van der Waals surface area contributed by atoms with Crippen LogP contribution in [-0.2, 0) is 21.7 Å². The normalized spacial score (nSPS) is 20.0. The van der Waals surface area contributed by atoms with E-state index in [0.29, 0.717) is 5.69 Å². The van der Waals surface area contributed by atoms with Crippen molar-refractivity contribution < 1.29 is 24.3 Å². The lowest BCUT2D eigenvalue weighted by Gasteiger charge is -2.28. The van der Waals surface area contributed by atoms with Crippen molar-refractivity contribution in [3.63, 3.8) is 0 Å². The van der Waals surface area contributed by atoms with Crippen LogP contribution in [0.5, 0.6) is 0 Å². The Labute approximate surface area is 221 Å². The number of unbranched alkanes of at least 4 members (excludes halogenated alkanes) is 6. The number of hydrogen-bond acceptors (Lipinski definition) is 8.